The quantitative estimate of drug-likeness (QED) is 0.451. The number of aryl methyl sites for hydroxylation is 1. The topological polar surface area (TPSA) is 64.2 Å². The van der Waals surface area contributed by atoms with Crippen molar-refractivity contribution in [3.05, 3.63) is 33.6 Å². The fourth-order valence-corrected chi connectivity index (χ4v) is 2.82. The van der Waals surface area contributed by atoms with E-state index in [0.29, 0.717) is 18.1 Å². The van der Waals surface area contributed by atoms with Crippen LogP contribution in [0, 0.1) is 28.6 Å². The van der Waals surface area contributed by atoms with E-state index in [1.54, 1.807) is 12.1 Å². The van der Waals surface area contributed by atoms with E-state index in [-0.39, 0.29) is 23.4 Å². The fraction of sp³-hybridized carbons (Fsp3) is 0.529. The summed E-state index contributed by atoms with van der Waals surface area (Å²) >= 11 is 1.43. The molecule has 23 heavy (non-hydrogen) atoms. The number of nitriles is 1. The lowest BCUT2D eigenvalue weighted by Gasteiger charge is -2.20. The molecule has 0 saturated carbocycles. The van der Waals surface area contributed by atoms with Gasteiger partial charge in [0.2, 0.25) is 6.54 Å². The summed E-state index contributed by atoms with van der Waals surface area (Å²) in [6.45, 7) is 10.5. The standard InChI is InChI=1S/C17H24N3O2S/c1-6-19(16(21)14(12-18)11-17(3,4)5)9-10-20(22)15-8-7-13(2)23-15/h7-8,11H,6,9-10H2,1-5H3/q+1/b14-11+. The van der Waals surface area contributed by atoms with E-state index in [9.17, 15) is 15.0 Å². The maximum atomic E-state index is 12.5. The minimum atomic E-state index is -0.319. The number of nitroso groups, excluding NO2 is 1. The van der Waals surface area contributed by atoms with E-state index >= 15 is 0 Å². The molecule has 1 aromatic heterocycles. The number of hydrogen-bond acceptors (Lipinski definition) is 4. The highest BCUT2D eigenvalue weighted by atomic mass is 32.1. The summed E-state index contributed by atoms with van der Waals surface area (Å²) in [7, 11) is 0. The number of nitrogens with zero attached hydrogens (tertiary/aromatic N) is 3. The number of carbonyl (C=O) groups excluding carboxylic acids is 1. The van der Waals surface area contributed by atoms with Crippen LogP contribution in [0.3, 0.4) is 0 Å². The van der Waals surface area contributed by atoms with Crippen molar-refractivity contribution in [2.24, 2.45) is 5.41 Å². The third kappa shape index (κ3) is 5.95. The van der Waals surface area contributed by atoms with Crippen LogP contribution in [0.2, 0.25) is 0 Å². The zero-order valence-electron chi connectivity index (χ0n) is 14.4. The van der Waals surface area contributed by atoms with Gasteiger partial charge >= 0.3 is 5.00 Å². The van der Waals surface area contributed by atoms with Crippen molar-refractivity contribution in [3.8, 4) is 6.07 Å². The molecule has 1 aromatic rings. The number of allylic oxidation sites excluding steroid dienone is 1. The summed E-state index contributed by atoms with van der Waals surface area (Å²) in [4.78, 5) is 27.1. The summed E-state index contributed by atoms with van der Waals surface area (Å²) < 4.78 is 0.896. The Balaban J connectivity index is 2.76. The largest absolute Gasteiger partial charge is 0.332 e. The number of hydrogen-bond donors (Lipinski definition) is 0. The van der Waals surface area contributed by atoms with E-state index in [0.717, 1.165) is 9.64 Å². The van der Waals surface area contributed by atoms with Crippen molar-refractivity contribution in [1.82, 2.24) is 4.90 Å². The first kappa shape index (κ1) is 19.0. The molecule has 0 aliphatic heterocycles. The van der Waals surface area contributed by atoms with Crippen molar-refractivity contribution in [2.75, 3.05) is 19.6 Å². The van der Waals surface area contributed by atoms with Crippen molar-refractivity contribution in [3.63, 3.8) is 0 Å². The van der Waals surface area contributed by atoms with Crippen LogP contribution < -0.4 is 0 Å². The highest BCUT2D eigenvalue weighted by Gasteiger charge is 2.23. The molecule has 0 spiro atoms. The maximum Gasteiger partial charge on any atom is 0.311 e. The lowest BCUT2D eigenvalue weighted by atomic mass is 9.93. The number of carbonyl (C=O) groups is 1. The van der Waals surface area contributed by atoms with Gasteiger partial charge in [0.05, 0.1) is 6.54 Å². The van der Waals surface area contributed by atoms with Gasteiger partial charge in [0, 0.05) is 27.2 Å². The maximum absolute atomic E-state index is 12.5. The predicted molar refractivity (Wildman–Crippen MR) is 92.6 cm³/mol. The lowest BCUT2D eigenvalue weighted by Crippen LogP contribution is -2.36. The van der Waals surface area contributed by atoms with Gasteiger partial charge in [-0.2, -0.15) is 5.26 Å². The van der Waals surface area contributed by atoms with Crippen LogP contribution in [0.25, 0.3) is 0 Å². The minimum Gasteiger partial charge on any atom is -0.332 e. The SMILES string of the molecule is CCN(CC[N+](=O)c1ccc(C)s1)C(=O)/C(C#N)=C/C(C)(C)C. The zero-order chi connectivity index (χ0) is 17.6. The second-order valence-electron chi connectivity index (χ2n) is 6.41. The Kier molecular flexibility index (Phi) is 6.64. The van der Waals surface area contributed by atoms with Gasteiger partial charge in [0.25, 0.3) is 5.91 Å². The molecule has 0 fully saturated rings. The zero-order valence-corrected chi connectivity index (χ0v) is 15.2. The Morgan fingerprint density at radius 1 is 1.43 bits per heavy atom. The van der Waals surface area contributed by atoms with Crippen LogP contribution in [0.15, 0.2) is 23.8 Å². The van der Waals surface area contributed by atoms with Gasteiger partial charge in [0.15, 0.2) is 0 Å². The van der Waals surface area contributed by atoms with Crippen LogP contribution in [0.5, 0.6) is 0 Å². The van der Waals surface area contributed by atoms with Gasteiger partial charge in [-0.3, -0.25) is 4.79 Å². The number of thiophene rings is 1. The van der Waals surface area contributed by atoms with E-state index in [1.165, 1.54) is 16.2 Å². The summed E-state index contributed by atoms with van der Waals surface area (Å²) in [5.74, 6) is -0.319. The average molecular weight is 334 g/mol. The molecule has 0 saturated heterocycles. The molecule has 1 heterocycles. The first-order valence-corrected chi connectivity index (χ1v) is 8.43. The highest BCUT2D eigenvalue weighted by molar-refractivity contribution is 7.15. The number of rotatable bonds is 6. The second-order valence-corrected chi connectivity index (χ2v) is 7.67. The molecule has 0 radical (unpaired) electrons. The Bertz CT molecular complexity index is 648. The lowest BCUT2D eigenvalue weighted by molar-refractivity contribution is -0.458. The van der Waals surface area contributed by atoms with Crippen molar-refractivity contribution < 1.29 is 9.55 Å². The van der Waals surface area contributed by atoms with Crippen molar-refractivity contribution >= 4 is 22.2 Å². The van der Waals surface area contributed by atoms with Crippen LogP contribution in [-0.4, -0.2) is 35.2 Å². The molecule has 1 rings (SSSR count). The minimum absolute atomic E-state index is 0.128. The second kappa shape index (κ2) is 8.02. The first-order chi connectivity index (χ1) is 10.7. The smallest absolute Gasteiger partial charge is 0.311 e. The molecule has 0 bridgehead atoms. The molecule has 0 aromatic carbocycles. The fourth-order valence-electron chi connectivity index (χ4n) is 2.03. The molecule has 0 atom stereocenters. The van der Waals surface area contributed by atoms with Crippen LogP contribution in [0.4, 0.5) is 5.00 Å². The molecule has 0 aliphatic carbocycles. The van der Waals surface area contributed by atoms with E-state index < -0.39 is 0 Å². The Morgan fingerprint density at radius 3 is 2.52 bits per heavy atom. The summed E-state index contributed by atoms with van der Waals surface area (Å²) in [5, 5.41) is 9.86. The Morgan fingerprint density at radius 2 is 2.09 bits per heavy atom. The van der Waals surface area contributed by atoms with Crippen LogP contribution in [-0.2, 0) is 4.79 Å². The third-order valence-corrected chi connectivity index (χ3v) is 4.15. The molecule has 6 heteroatoms. The van der Waals surface area contributed by atoms with Crippen LogP contribution >= 0.6 is 11.3 Å². The monoisotopic (exact) mass is 334 g/mol. The van der Waals surface area contributed by atoms with Gasteiger partial charge in [-0.05, 0) is 25.3 Å². The molecular weight excluding hydrogens is 310 g/mol. The van der Waals surface area contributed by atoms with Crippen molar-refractivity contribution in [2.45, 2.75) is 34.6 Å². The van der Waals surface area contributed by atoms with E-state index in [4.69, 9.17) is 0 Å². The molecule has 124 valence electrons. The van der Waals surface area contributed by atoms with E-state index in [1.807, 2.05) is 46.8 Å². The van der Waals surface area contributed by atoms with Gasteiger partial charge < -0.3 is 4.90 Å². The molecule has 0 N–H and O–H groups in total. The van der Waals surface area contributed by atoms with Gasteiger partial charge in [-0.25, -0.2) is 0 Å². The Hall–Kier alpha value is -2.00. The van der Waals surface area contributed by atoms with Gasteiger partial charge in [0.1, 0.15) is 11.6 Å². The Labute approximate surface area is 141 Å². The molecular formula is C17H24N3O2S+. The van der Waals surface area contributed by atoms with E-state index in [2.05, 4.69) is 0 Å². The molecule has 1 amide bonds. The molecule has 0 aliphatic rings. The highest BCUT2D eigenvalue weighted by Crippen LogP contribution is 2.23. The van der Waals surface area contributed by atoms with Crippen molar-refractivity contribution in [1.29, 1.82) is 5.26 Å². The molecule has 0 unspecified atom stereocenters. The molecule has 5 nitrogen and oxygen atoms in total. The number of likely N-dealkylation sites (N-methyl/N-ethyl adjacent to an activating group) is 1. The average Bonchev–Trinajstić information content (AvgIpc) is 2.90. The summed E-state index contributed by atoms with van der Waals surface area (Å²) in [6, 6.07) is 5.66. The van der Waals surface area contributed by atoms with Gasteiger partial charge in [-0.1, -0.05) is 38.2 Å². The summed E-state index contributed by atoms with van der Waals surface area (Å²) in [6.07, 6.45) is 1.68. The van der Waals surface area contributed by atoms with Gasteiger partial charge in [-0.15, -0.1) is 0 Å². The third-order valence-electron chi connectivity index (χ3n) is 3.14. The predicted octanol–water partition coefficient (Wildman–Crippen LogP) is 3.81. The number of amides is 1. The first-order valence-electron chi connectivity index (χ1n) is 7.61. The summed E-state index contributed by atoms with van der Waals surface area (Å²) in [5.41, 5.74) is -0.122. The normalized spacial score (nSPS) is 11.9. The van der Waals surface area contributed by atoms with Crippen LogP contribution in [0.1, 0.15) is 32.6 Å².